The van der Waals surface area contributed by atoms with E-state index >= 15 is 0 Å². The zero-order valence-corrected chi connectivity index (χ0v) is 20.4. The van der Waals surface area contributed by atoms with Gasteiger partial charge in [0.25, 0.3) is 0 Å². The third-order valence-electron chi connectivity index (χ3n) is 6.66. The highest BCUT2D eigenvalue weighted by molar-refractivity contribution is 5.82. The second-order valence-electron chi connectivity index (χ2n) is 9.27. The molecule has 1 N–H and O–H groups in total. The highest BCUT2D eigenvalue weighted by atomic mass is 19.1. The largest absolute Gasteiger partial charge is 0.480 e. The quantitative estimate of drug-likeness (QED) is 0.374. The summed E-state index contributed by atoms with van der Waals surface area (Å²) >= 11 is 0. The minimum Gasteiger partial charge on any atom is -0.480 e. The molecule has 184 valence electrons. The van der Waals surface area contributed by atoms with E-state index in [-0.39, 0.29) is 11.6 Å². The lowest BCUT2D eigenvalue weighted by Gasteiger charge is -2.35. The molecule has 1 aliphatic heterocycles. The first kappa shape index (κ1) is 24.8. The standard InChI is InChI=1S/C28H31F2N3O2/c1-4-5-6-9-24(28(34)35)33-14-7-8-23-27(33)32-26(20-13-11-18(3)22(30)16-20)25(31-23)19-12-10-17(2)21(29)15-19/h10-13,15-16,24H,4-9,14H2,1-3H3,(H,34,35). The molecule has 1 aliphatic rings. The topological polar surface area (TPSA) is 66.3 Å². The van der Waals surface area contributed by atoms with Crippen molar-refractivity contribution in [1.29, 1.82) is 0 Å². The van der Waals surface area contributed by atoms with Crippen molar-refractivity contribution in [3.05, 3.63) is 64.9 Å². The van der Waals surface area contributed by atoms with Gasteiger partial charge in [-0.25, -0.2) is 23.5 Å². The lowest BCUT2D eigenvalue weighted by molar-refractivity contribution is -0.138. The number of hydrogen-bond donors (Lipinski definition) is 1. The van der Waals surface area contributed by atoms with Crippen molar-refractivity contribution < 1.29 is 18.7 Å². The maximum Gasteiger partial charge on any atom is 0.326 e. The Bertz CT molecular complexity index is 1250. The molecule has 3 aromatic rings. The molecule has 0 bridgehead atoms. The first-order valence-electron chi connectivity index (χ1n) is 12.2. The number of carbonyl (C=O) groups is 1. The number of nitrogens with zero attached hydrogens (tertiary/aromatic N) is 3. The van der Waals surface area contributed by atoms with Gasteiger partial charge in [0.15, 0.2) is 5.82 Å². The summed E-state index contributed by atoms with van der Waals surface area (Å²) in [6.45, 7) is 6.02. The molecule has 0 saturated heterocycles. The highest BCUT2D eigenvalue weighted by Gasteiger charge is 2.32. The first-order chi connectivity index (χ1) is 16.8. The van der Waals surface area contributed by atoms with Crippen LogP contribution in [0.2, 0.25) is 0 Å². The monoisotopic (exact) mass is 479 g/mol. The molecule has 0 saturated carbocycles. The number of hydrogen-bond acceptors (Lipinski definition) is 4. The van der Waals surface area contributed by atoms with Crippen LogP contribution in [0.3, 0.4) is 0 Å². The molecule has 5 nitrogen and oxygen atoms in total. The van der Waals surface area contributed by atoms with Gasteiger partial charge < -0.3 is 10.0 Å². The van der Waals surface area contributed by atoms with E-state index in [0.29, 0.717) is 64.5 Å². The number of aliphatic carboxylic acids is 1. The number of fused-ring (bicyclic) bond motifs is 1. The van der Waals surface area contributed by atoms with E-state index in [0.717, 1.165) is 25.7 Å². The number of aryl methyl sites for hydroxylation is 3. The zero-order valence-electron chi connectivity index (χ0n) is 20.4. The van der Waals surface area contributed by atoms with Gasteiger partial charge in [-0.3, -0.25) is 0 Å². The van der Waals surface area contributed by atoms with Crippen molar-refractivity contribution in [3.63, 3.8) is 0 Å². The predicted octanol–water partition coefficient (Wildman–Crippen LogP) is 6.49. The fourth-order valence-corrected chi connectivity index (χ4v) is 4.57. The molecule has 35 heavy (non-hydrogen) atoms. The number of halogens is 2. The Kier molecular flexibility index (Phi) is 7.43. The van der Waals surface area contributed by atoms with E-state index in [9.17, 15) is 18.7 Å². The number of carboxylic acid groups (broad SMARTS) is 1. The van der Waals surface area contributed by atoms with E-state index in [1.807, 2.05) is 4.90 Å². The minimum atomic E-state index is -0.886. The number of aromatic nitrogens is 2. The summed E-state index contributed by atoms with van der Waals surface area (Å²) in [5.41, 5.74) is 3.65. The highest BCUT2D eigenvalue weighted by Crippen LogP contribution is 2.36. The number of rotatable bonds is 8. The van der Waals surface area contributed by atoms with Gasteiger partial charge in [0.05, 0.1) is 17.1 Å². The Labute approximate surface area is 204 Å². The molecule has 7 heteroatoms. The SMILES string of the molecule is CCCCCC(C(=O)O)N1CCCc2nc(-c3ccc(C)c(F)c3)c(-c3ccc(C)c(F)c3)nc21. The molecule has 0 fully saturated rings. The Hall–Kier alpha value is -3.35. The molecule has 4 rings (SSSR count). The average molecular weight is 480 g/mol. The fourth-order valence-electron chi connectivity index (χ4n) is 4.57. The minimum absolute atomic E-state index is 0.355. The molecule has 1 aromatic heterocycles. The van der Waals surface area contributed by atoms with Crippen molar-refractivity contribution in [2.24, 2.45) is 0 Å². The van der Waals surface area contributed by atoms with E-state index in [4.69, 9.17) is 9.97 Å². The molecule has 2 heterocycles. The van der Waals surface area contributed by atoms with Gasteiger partial charge in [-0.05, 0) is 56.4 Å². The van der Waals surface area contributed by atoms with Gasteiger partial charge >= 0.3 is 5.97 Å². The number of benzene rings is 2. The lowest BCUT2D eigenvalue weighted by Crippen LogP contribution is -2.45. The van der Waals surface area contributed by atoms with Crippen LogP contribution < -0.4 is 4.90 Å². The molecule has 0 spiro atoms. The maximum atomic E-state index is 14.5. The lowest BCUT2D eigenvalue weighted by atomic mass is 9.99. The summed E-state index contributed by atoms with van der Waals surface area (Å²) in [7, 11) is 0. The van der Waals surface area contributed by atoms with Crippen LogP contribution in [0.4, 0.5) is 14.6 Å². The van der Waals surface area contributed by atoms with Crippen LogP contribution in [-0.2, 0) is 11.2 Å². The molecule has 1 atom stereocenters. The average Bonchev–Trinajstić information content (AvgIpc) is 2.84. The van der Waals surface area contributed by atoms with Crippen LogP contribution in [0.25, 0.3) is 22.5 Å². The molecule has 0 radical (unpaired) electrons. The number of carboxylic acids is 1. The Morgan fingerprint density at radius 3 is 2.14 bits per heavy atom. The van der Waals surface area contributed by atoms with Gasteiger partial charge in [-0.2, -0.15) is 0 Å². The van der Waals surface area contributed by atoms with E-state index in [2.05, 4.69) is 6.92 Å². The number of unbranched alkanes of at least 4 members (excludes halogenated alkanes) is 2. The predicted molar refractivity (Wildman–Crippen MR) is 134 cm³/mol. The molecule has 2 aromatic carbocycles. The summed E-state index contributed by atoms with van der Waals surface area (Å²) in [6.07, 6.45) is 4.68. The van der Waals surface area contributed by atoms with Crippen molar-refractivity contribution in [2.45, 2.75) is 65.3 Å². The smallest absolute Gasteiger partial charge is 0.326 e. The Balaban J connectivity index is 1.89. The maximum absolute atomic E-state index is 14.5. The summed E-state index contributed by atoms with van der Waals surface area (Å²) < 4.78 is 29.0. The van der Waals surface area contributed by atoms with Gasteiger partial charge in [0.1, 0.15) is 17.7 Å². The molecule has 1 unspecified atom stereocenters. The van der Waals surface area contributed by atoms with E-state index in [1.54, 1.807) is 38.1 Å². The van der Waals surface area contributed by atoms with Crippen molar-refractivity contribution in [2.75, 3.05) is 11.4 Å². The zero-order chi connectivity index (χ0) is 25.1. The molecule has 0 aliphatic carbocycles. The van der Waals surface area contributed by atoms with Gasteiger partial charge in [-0.15, -0.1) is 0 Å². The van der Waals surface area contributed by atoms with Gasteiger partial charge in [0.2, 0.25) is 0 Å². The third-order valence-corrected chi connectivity index (χ3v) is 6.66. The Morgan fingerprint density at radius 1 is 1.00 bits per heavy atom. The number of anilines is 1. The van der Waals surface area contributed by atoms with E-state index < -0.39 is 12.0 Å². The van der Waals surface area contributed by atoms with Crippen molar-refractivity contribution in [1.82, 2.24) is 9.97 Å². The van der Waals surface area contributed by atoms with Gasteiger partial charge in [0, 0.05) is 17.7 Å². The first-order valence-corrected chi connectivity index (χ1v) is 12.2. The van der Waals surface area contributed by atoms with Gasteiger partial charge in [-0.1, -0.05) is 50.5 Å². The van der Waals surface area contributed by atoms with Crippen molar-refractivity contribution >= 4 is 11.8 Å². The van der Waals surface area contributed by atoms with Crippen LogP contribution in [-0.4, -0.2) is 33.6 Å². The van der Waals surface area contributed by atoms with Crippen LogP contribution >= 0.6 is 0 Å². The fraction of sp³-hybridized carbons (Fsp3) is 0.393. The summed E-state index contributed by atoms with van der Waals surface area (Å²) in [5, 5.41) is 10.0. The van der Waals surface area contributed by atoms with E-state index in [1.165, 1.54) is 12.1 Å². The van der Waals surface area contributed by atoms with Crippen LogP contribution in [0.15, 0.2) is 36.4 Å². The Morgan fingerprint density at radius 2 is 1.60 bits per heavy atom. The summed E-state index contributed by atoms with van der Waals surface area (Å²) in [4.78, 5) is 23.8. The van der Waals surface area contributed by atoms with Crippen molar-refractivity contribution in [3.8, 4) is 22.5 Å². The van der Waals surface area contributed by atoms with Crippen LogP contribution in [0.1, 0.15) is 55.8 Å². The molecular weight excluding hydrogens is 448 g/mol. The third kappa shape index (κ3) is 5.19. The molecular formula is C28H31F2N3O2. The molecule has 0 amide bonds. The summed E-state index contributed by atoms with van der Waals surface area (Å²) in [5.74, 6) is -1.09. The normalized spacial score (nSPS) is 14.0. The van der Waals surface area contributed by atoms with Crippen LogP contribution in [0, 0.1) is 25.5 Å². The second-order valence-corrected chi connectivity index (χ2v) is 9.27. The van der Waals surface area contributed by atoms with Crippen LogP contribution in [0.5, 0.6) is 0 Å². The second kappa shape index (κ2) is 10.5. The summed E-state index contributed by atoms with van der Waals surface area (Å²) in [6, 6.07) is 9.04.